The third-order valence-electron chi connectivity index (χ3n) is 4.17. The second-order valence-electron chi connectivity index (χ2n) is 5.86. The smallest absolute Gasteiger partial charge is 0.252 e. The Morgan fingerprint density at radius 2 is 2.00 bits per heavy atom. The molecule has 132 valence electrons. The Morgan fingerprint density at radius 3 is 2.68 bits per heavy atom. The van der Waals surface area contributed by atoms with E-state index in [1.54, 1.807) is 0 Å². The summed E-state index contributed by atoms with van der Waals surface area (Å²) in [5, 5.41) is 3.00. The second-order valence-corrected chi connectivity index (χ2v) is 7.80. The maximum absolute atomic E-state index is 12.7. The third kappa shape index (κ3) is 3.35. The molecule has 1 aromatic carbocycles. The van der Waals surface area contributed by atoms with Gasteiger partial charge in [0, 0.05) is 36.6 Å². The van der Waals surface area contributed by atoms with Gasteiger partial charge >= 0.3 is 0 Å². The fourth-order valence-electron chi connectivity index (χ4n) is 2.92. The van der Waals surface area contributed by atoms with Gasteiger partial charge in [-0.15, -0.1) is 6.58 Å². The molecule has 1 saturated heterocycles. The minimum atomic E-state index is -3.61. The van der Waals surface area contributed by atoms with E-state index >= 15 is 0 Å². The number of pyridine rings is 1. The third-order valence-corrected chi connectivity index (χ3v) is 6.06. The highest BCUT2D eigenvalue weighted by Gasteiger charge is 2.27. The number of fused-ring (bicyclic) bond motifs is 1. The fraction of sp³-hybridized carbons (Fsp3) is 0.294. The zero-order chi connectivity index (χ0) is 18.0. The van der Waals surface area contributed by atoms with Crippen molar-refractivity contribution in [2.75, 3.05) is 19.6 Å². The molecule has 2 heterocycles. The summed E-state index contributed by atoms with van der Waals surface area (Å²) in [6, 6.07) is 5.59. The van der Waals surface area contributed by atoms with E-state index in [1.165, 1.54) is 34.6 Å². The number of aromatic amines is 1. The van der Waals surface area contributed by atoms with E-state index < -0.39 is 21.5 Å². The molecular weight excluding hydrogens is 342 g/mol. The SMILES string of the molecule is C=CCNC(=O)c1cc(=O)[nH]c2ccc(S(=O)(=O)N3CCCC3)cc12. The summed E-state index contributed by atoms with van der Waals surface area (Å²) in [5.41, 5.74) is 0.127. The average molecular weight is 361 g/mol. The Balaban J connectivity index is 2.12. The summed E-state index contributed by atoms with van der Waals surface area (Å²) in [7, 11) is -3.61. The van der Waals surface area contributed by atoms with Gasteiger partial charge in [0.05, 0.1) is 10.5 Å². The van der Waals surface area contributed by atoms with Crippen LogP contribution in [-0.2, 0) is 10.0 Å². The number of benzene rings is 1. The van der Waals surface area contributed by atoms with Crippen LogP contribution in [-0.4, -0.2) is 43.2 Å². The minimum absolute atomic E-state index is 0.117. The van der Waals surface area contributed by atoms with Crippen molar-refractivity contribution in [3.63, 3.8) is 0 Å². The number of amides is 1. The normalized spacial score (nSPS) is 15.4. The molecule has 0 spiro atoms. The lowest BCUT2D eigenvalue weighted by Crippen LogP contribution is -2.28. The Morgan fingerprint density at radius 1 is 1.28 bits per heavy atom. The molecule has 0 unspecified atom stereocenters. The van der Waals surface area contributed by atoms with Gasteiger partial charge in [-0.25, -0.2) is 8.42 Å². The molecule has 2 aromatic rings. The predicted octanol–water partition coefficient (Wildman–Crippen LogP) is 1.23. The summed E-state index contributed by atoms with van der Waals surface area (Å²) in [4.78, 5) is 26.8. The maximum Gasteiger partial charge on any atom is 0.252 e. The summed E-state index contributed by atoms with van der Waals surface area (Å²) < 4.78 is 26.9. The van der Waals surface area contributed by atoms with Crippen LogP contribution in [0.4, 0.5) is 0 Å². The lowest BCUT2D eigenvalue weighted by molar-refractivity contribution is 0.0959. The van der Waals surface area contributed by atoms with Gasteiger partial charge in [0.15, 0.2) is 0 Å². The summed E-state index contributed by atoms with van der Waals surface area (Å²) in [6.07, 6.45) is 3.21. The molecule has 1 aliphatic heterocycles. The second kappa shape index (κ2) is 6.81. The molecule has 25 heavy (non-hydrogen) atoms. The van der Waals surface area contributed by atoms with Gasteiger partial charge in [-0.1, -0.05) is 6.08 Å². The molecule has 3 rings (SSSR count). The molecule has 1 amide bonds. The molecule has 0 radical (unpaired) electrons. The van der Waals surface area contributed by atoms with Gasteiger partial charge < -0.3 is 10.3 Å². The quantitative estimate of drug-likeness (QED) is 0.783. The van der Waals surface area contributed by atoms with Crippen molar-refractivity contribution < 1.29 is 13.2 Å². The van der Waals surface area contributed by atoms with Gasteiger partial charge in [0.2, 0.25) is 15.6 Å². The lowest BCUT2D eigenvalue weighted by atomic mass is 10.1. The number of H-pyrrole nitrogens is 1. The van der Waals surface area contributed by atoms with Crippen molar-refractivity contribution in [2.24, 2.45) is 0 Å². The van der Waals surface area contributed by atoms with Crippen LogP contribution in [0.2, 0.25) is 0 Å². The van der Waals surface area contributed by atoms with Gasteiger partial charge in [0.25, 0.3) is 5.91 Å². The Kier molecular flexibility index (Phi) is 4.73. The van der Waals surface area contributed by atoms with E-state index in [4.69, 9.17) is 0 Å². The molecule has 8 heteroatoms. The first kappa shape index (κ1) is 17.4. The Hall–Kier alpha value is -2.45. The van der Waals surface area contributed by atoms with Gasteiger partial charge in [-0.3, -0.25) is 9.59 Å². The number of carbonyl (C=O) groups is 1. The van der Waals surface area contributed by atoms with E-state index in [2.05, 4.69) is 16.9 Å². The molecule has 0 atom stereocenters. The monoisotopic (exact) mass is 361 g/mol. The zero-order valence-electron chi connectivity index (χ0n) is 13.6. The number of sulfonamides is 1. The van der Waals surface area contributed by atoms with Crippen LogP contribution in [0.1, 0.15) is 23.2 Å². The standard InChI is InChI=1S/C17H19N3O4S/c1-2-7-18-17(22)14-11-16(21)19-15-6-5-12(10-13(14)15)25(23,24)20-8-3-4-9-20/h2,5-6,10-11H,1,3-4,7-9H2,(H,18,22)(H,19,21). The van der Waals surface area contributed by atoms with E-state index in [0.29, 0.717) is 24.0 Å². The summed E-state index contributed by atoms with van der Waals surface area (Å²) in [5.74, 6) is -0.452. The van der Waals surface area contributed by atoms with Crippen LogP contribution in [0.25, 0.3) is 10.9 Å². The van der Waals surface area contributed by atoms with Crippen molar-refractivity contribution in [1.29, 1.82) is 0 Å². The maximum atomic E-state index is 12.7. The first-order valence-corrected chi connectivity index (χ1v) is 9.44. The number of hydrogen-bond acceptors (Lipinski definition) is 4. The topological polar surface area (TPSA) is 99.3 Å². The van der Waals surface area contributed by atoms with E-state index in [9.17, 15) is 18.0 Å². The molecule has 1 fully saturated rings. The average Bonchev–Trinajstić information content (AvgIpc) is 3.13. The van der Waals surface area contributed by atoms with Crippen molar-refractivity contribution in [3.05, 3.63) is 52.8 Å². The molecule has 0 bridgehead atoms. The van der Waals surface area contributed by atoms with Crippen molar-refractivity contribution in [3.8, 4) is 0 Å². The Bertz CT molecular complexity index is 989. The highest BCUT2D eigenvalue weighted by Crippen LogP contribution is 2.25. The molecule has 1 aliphatic rings. The highest BCUT2D eigenvalue weighted by atomic mass is 32.2. The van der Waals surface area contributed by atoms with Crippen molar-refractivity contribution >= 4 is 26.8 Å². The highest BCUT2D eigenvalue weighted by molar-refractivity contribution is 7.89. The summed E-state index contributed by atoms with van der Waals surface area (Å²) in [6.45, 7) is 4.78. The fourth-order valence-corrected chi connectivity index (χ4v) is 4.46. The van der Waals surface area contributed by atoms with E-state index in [1.807, 2.05) is 0 Å². The van der Waals surface area contributed by atoms with Crippen molar-refractivity contribution in [1.82, 2.24) is 14.6 Å². The molecule has 1 aromatic heterocycles. The minimum Gasteiger partial charge on any atom is -0.349 e. The zero-order valence-corrected chi connectivity index (χ0v) is 14.4. The number of rotatable bonds is 5. The number of aromatic nitrogens is 1. The van der Waals surface area contributed by atoms with Crippen LogP contribution in [0.5, 0.6) is 0 Å². The molecule has 0 aliphatic carbocycles. The number of nitrogens with zero attached hydrogens (tertiary/aromatic N) is 1. The first-order chi connectivity index (χ1) is 11.9. The first-order valence-electron chi connectivity index (χ1n) is 8.00. The Labute approximate surface area is 145 Å². The summed E-state index contributed by atoms with van der Waals surface area (Å²) >= 11 is 0. The largest absolute Gasteiger partial charge is 0.349 e. The number of nitrogens with one attached hydrogen (secondary N) is 2. The van der Waals surface area contributed by atoms with Gasteiger partial charge in [-0.05, 0) is 31.0 Å². The molecular formula is C17H19N3O4S. The van der Waals surface area contributed by atoms with Crippen LogP contribution < -0.4 is 10.9 Å². The van der Waals surface area contributed by atoms with E-state index in [-0.39, 0.29) is 17.0 Å². The van der Waals surface area contributed by atoms with Crippen LogP contribution >= 0.6 is 0 Å². The van der Waals surface area contributed by atoms with Gasteiger partial charge in [-0.2, -0.15) is 4.31 Å². The van der Waals surface area contributed by atoms with Crippen LogP contribution in [0, 0.1) is 0 Å². The lowest BCUT2D eigenvalue weighted by Gasteiger charge is -2.16. The van der Waals surface area contributed by atoms with Crippen LogP contribution in [0.15, 0.2) is 46.6 Å². The number of carbonyl (C=O) groups excluding carboxylic acids is 1. The predicted molar refractivity (Wildman–Crippen MR) is 95.1 cm³/mol. The molecule has 7 nitrogen and oxygen atoms in total. The van der Waals surface area contributed by atoms with Gasteiger partial charge in [0.1, 0.15) is 0 Å². The van der Waals surface area contributed by atoms with Crippen molar-refractivity contribution in [2.45, 2.75) is 17.7 Å². The van der Waals surface area contributed by atoms with E-state index in [0.717, 1.165) is 12.8 Å². The number of hydrogen-bond donors (Lipinski definition) is 2. The van der Waals surface area contributed by atoms with Crippen LogP contribution in [0.3, 0.4) is 0 Å². The molecule has 0 saturated carbocycles. The molecule has 2 N–H and O–H groups in total.